The van der Waals surface area contributed by atoms with Gasteiger partial charge in [-0.15, -0.1) is 0 Å². The van der Waals surface area contributed by atoms with Crippen LogP contribution in [-0.4, -0.2) is 26.8 Å². The fourth-order valence-corrected chi connectivity index (χ4v) is 2.08. The number of hydrogen-bond donors (Lipinski definition) is 1. The van der Waals surface area contributed by atoms with E-state index >= 15 is 0 Å². The summed E-state index contributed by atoms with van der Waals surface area (Å²) in [5, 5.41) is 4.73. The molecule has 0 saturated heterocycles. The monoisotopic (exact) mass is 287 g/mol. The van der Waals surface area contributed by atoms with Crippen LogP contribution in [0, 0.1) is 0 Å². The molecule has 0 heterocycles. The lowest BCUT2D eigenvalue weighted by molar-refractivity contribution is 0.199. The molecule has 0 amide bonds. The Kier molecular flexibility index (Phi) is 8.10. The first-order valence-electron chi connectivity index (χ1n) is 6.03. The van der Waals surface area contributed by atoms with Crippen molar-refractivity contribution in [1.29, 1.82) is 0 Å². The Morgan fingerprint density at radius 2 is 1.89 bits per heavy atom. The minimum absolute atomic E-state index is 0.727. The van der Waals surface area contributed by atoms with E-state index in [1.54, 1.807) is 7.11 Å². The molecule has 1 aromatic rings. The Balaban J connectivity index is 2.24. The third-order valence-electron chi connectivity index (χ3n) is 2.52. The molecule has 0 radical (unpaired) electrons. The maximum absolute atomic E-state index is 6.08. The SMILES string of the molecule is COCCNCCC=CCc1c(Cl)cccc1Cl. The van der Waals surface area contributed by atoms with Crippen molar-refractivity contribution < 1.29 is 4.74 Å². The molecule has 0 saturated carbocycles. The van der Waals surface area contributed by atoms with E-state index in [0.717, 1.165) is 48.1 Å². The summed E-state index contributed by atoms with van der Waals surface area (Å²) in [6.45, 7) is 2.59. The average Bonchev–Trinajstić information content (AvgIpc) is 2.35. The van der Waals surface area contributed by atoms with Gasteiger partial charge in [0.2, 0.25) is 0 Å². The number of ether oxygens (including phenoxy) is 1. The van der Waals surface area contributed by atoms with Crippen molar-refractivity contribution in [3.8, 4) is 0 Å². The van der Waals surface area contributed by atoms with Crippen LogP contribution in [0.1, 0.15) is 12.0 Å². The maximum Gasteiger partial charge on any atom is 0.0587 e. The fraction of sp³-hybridized carbons (Fsp3) is 0.429. The minimum Gasteiger partial charge on any atom is -0.383 e. The van der Waals surface area contributed by atoms with Crippen molar-refractivity contribution in [2.45, 2.75) is 12.8 Å². The standard InChI is InChI=1S/C14H19Cl2NO/c1-18-11-10-17-9-4-2-3-6-12-13(15)7-5-8-14(12)16/h2-3,5,7-8,17H,4,6,9-11H2,1H3. The van der Waals surface area contributed by atoms with Gasteiger partial charge in [0.15, 0.2) is 0 Å². The van der Waals surface area contributed by atoms with Crippen molar-refractivity contribution >= 4 is 23.2 Å². The number of benzene rings is 1. The summed E-state index contributed by atoms with van der Waals surface area (Å²) in [4.78, 5) is 0. The van der Waals surface area contributed by atoms with Crippen molar-refractivity contribution in [3.63, 3.8) is 0 Å². The van der Waals surface area contributed by atoms with Gasteiger partial charge in [-0.2, -0.15) is 0 Å². The molecule has 0 bridgehead atoms. The Morgan fingerprint density at radius 3 is 2.56 bits per heavy atom. The molecular weight excluding hydrogens is 269 g/mol. The van der Waals surface area contributed by atoms with Crippen molar-refractivity contribution in [3.05, 3.63) is 46.0 Å². The molecular formula is C14H19Cl2NO. The van der Waals surface area contributed by atoms with Gasteiger partial charge in [-0.05, 0) is 37.1 Å². The Hall–Kier alpha value is -0.540. The lowest BCUT2D eigenvalue weighted by Gasteiger charge is -2.03. The van der Waals surface area contributed by atoms with Crippen LogP contribution in [0.25, 0.3) is 0 Å². The van der Waals surface area contributed by atoms with E-state index in [1.807, 2.05) is 18.2 Å². The van der Waals surface area contributed by atoms with Crippen LogP contribution in [-0.2, 0) is 11.2 Å². The zero-order valence-electron chi connectivity index (χ0n) is 10.6. The molecule has 18 heavy (non-hydrogen) atoms. The first kappa shape index (κ1) is 15.5. The summed E-state index contributed by atoms with van der Waals surface area (Å²) in [6.07, 6.45) is 6.01. The highest BCUT2D eigenvalue weighted by Gasteiger charge is 2.02. The van der Waals surface area contributed by atoms with Crippen LogP contribution >= 0.6 is 23.2 Å². The summed E-state index contributed by atoms with van der Waals surface area (Å²) in [6, 6.07) is 5.59. The second-order valence-electron chi connectivity index (χ2n) is 3.91. The topological polar surface area (TPSA) is 21.3 Å². The summed E-state index contributed by atoms with van der Waals surface area (Å²) in [5.41, 5.74) is 0.990. The zero-order chi connectivity index (χ0) is 13.2. The highest BCUT2D eigenvalue weighted by atomic mass is 35.5. The normalized spacial score (nSPS) is 11.3. The lowest BCUT2D eigenvalue weighted by Crippen LogP contribution is -2.19. The molecule has 0 aliphatic carbocycles. The third kappa shape index (κ3) is 5.87. The molecule has 0 atom stereocenters. The molecule has 100 valence electrons. The maximum atomic E-state index is 6.08. The predicted molar refractivity (Wildman–Crippen MR) is 78.7 cm³/mol. The first-order chi connectivity index (χ1) is 8.75. The van der Waals surface area contributed by atoms with Crippen LogP contribution in [0.5, 0.6) is 0 Å². The van der Waals surface area contributed by atoms with Crippen LogP contribution < -0.4 is 5.32 Å². The summed E-state index contributed by atoms with van der Waals surface area (Å²) in [5.74, 6) is 0. The van der Waals surface area contributed by atoms with Crippen LogP contribution in [0.3, 0.4) is 0 Å². The molecule has 2 nitrogen and oxygen atoms in total. The van der Waals surface area contributed by atoms with Gasteiger partial charge in [-0.25, -0.2) is 0 Å². The van der Waals surface area contributed by atoms with Crippen LogP contribution in [0.15, 0.2) is 30.4 Å². The third-order valence-corrected chi connectivity index (χ3v) is 3.23. The molecule has 0 fully saturated rings. The van der Waals surface area contributed by atoms with Crippen molar-refractivity contribution in [1.82, 2.24) is 5.32 Å². The van der Waals surface area contributed by atoms with Gasteiger partial charge in [0.1, 0.15) is 0 Å². The number of nitrogens with one attached hydrogen (secondary N) is 1. The van der Waals surface area contributed by atoms with Gasteiger partial charge in [-0.3, -0.25) is 0 Å². The van der Waals surface area contributed by atoms with Crippen molar-refractivity contribution in [2.75, 3.05) is 26.8 Å². The molecule has 1 rings (SSSR count). The molecule has 0 aliphatic rings. The summed E-state index contributed by atoms with van der Waals surface area (Å²) in [7, 11) is 1.70. The molecule has 0 spiro atoms. The van der Waals surface area contributed by atoms with E-state index in [0.29, 0.717) is 0 Å². The molecule has 0 aliphatic heterocycles. The molecule has 0 aromatic heterocycles. The average molecular weight is 288 g/mol. The molecule has 1 N–H and O–H groups in total. The van der Waals surface area contributed by atoms with E-state index < -0.39 is 0 Å². The lowest BCUT2D eigenvalue weighted by atomic mass is 10.1. The Bertz CT molecular complexity index is 360. The Morgan fingerprint density at radius 1 is 1.17 bits per heavy atom. The van der Waals surface area contributed by atoms with Gasteiger partial charge >= 0.3 is 0 Å². The minimum atomic E-state index is 0.727. The second kappa shape index (κ2) is 9.40. The van der Waals surface area contributed by atoms with Gasteiger partial charge < -0.3 is 10.1 Å². The van der Waals surface area contributed by atoms with Gasteiger partial charge in [0.05, 0.1) is 6.61 Å². The molecule has 1 aromatic carbocycles. The first-order valence-corrected chi connectivity index (χ1v) is 6.79. The van der Waals surface area contributed by atoms with E-state index in [1.165, 1.54) is 0 Å². The van der Waals surface area contributed by atoms with E-state index in [2.05, 4.69) is 17.5 Å². The van der Waals surface area contributed by atoms with Crippen LogP contribution in [0.2, 0.25) is 10.0 Å². The van der Waals surface area contributed by atoms with E-state index in [9.17, 15) is 0 Å². The number of hydrogen-bond acceptors (Lipinski definition) is 2. The zero-order valence-corrected chi connectivity index (χ0v) is 12.1. The largest absolute Gasteiger partial charge is 0.383 e. The highest BCUT2D eigenvalue weighted by Crippen LogP contribution is 2.24. The number of allylic oxidation sites excluding steroid dienone is 1. The summed E-state index contributed by atoms with van der Waals surface area (Å²) >= 11 is 12.2. The number of methoxy groups -OCH3 is 1. The molecule has 0 unspecified atom stereocenters. The molecule has 4 heteroatoms. The number of halogens is 2. The highest BCUT2D eigenvalue weighted by molar-refractivity contribution is 6.36. The quantitative estimate of drug-likeness (QED) is 0.581. The Labute approximate surface area is 119 Å². The fourth-order valence-electron chi connectivity index (χ4n) is 1.53. The number of rotatable bonds is 8. The smallest absolute Gasteiger partial charge is 0.0587 e. The van der Waals surface area contributed by atoms with Gasteiger partial charge in [0.25, 0.3) is 0 Å². The van der Waals surface area contributed by atoms with E-state index in [4.69, 9.17) is 27.9 Å². The van der Waals surface area contributed by atoms with Crippen LogP contribution in [0.4, 0.5) is 0 Å². The van der Waals surface area contributed by atoms with Crippen molar-refractivity contribution in [2.24, 2.45) is 0 Å². The van der Waals surface area contributed by atoms with E-state index in [-0.39, 0.29) is 0 Å². The summed E-state index contributed by atoms with van der Waals surface area (Å²) < 4.78 is 4.94. The van der Waals surface area contributed by atoms with Gasteiger partial charge in [0, 0.05) is 23.7 Å². The second-order valence-corrected chi connectivity index (χ2v) is 4.72. The van der Waals surface area contributed by atoms with Gasteiger partial charge in [-0.1, -0.05) is 41.4 Å². The predicted octanol–water partition coefficient (Wildman–Crippen LogP) is 3.72.